The first kappa shape index (κ1) is 18.7. The minimum absolute atomic E-state index is 0.0579. The van der Waals surface area contributed by atoms with Crippen molar-refractivity contribution in [3.05, 3.63) is 35.9 Å². The van der Waals surface area contributed by atoms with Gasteiger partial charge in [-0.05, 0) is 47.6 Å². The summed E-state index contributed by atoms with van der Waals surface area (Å²) in [5.41, 5.74) is -0.798. The van der Waals surface area contributed by atoms with Gasteiger partial charge in [0.1, 0.15) is 17.0 Å². The van der Waals surface area contributed by atoms with E-state index in [-0.39, 0.29) is 5.84 Å². The Morgan fingerprint density at radius 1 is 1.00 bits per heavy atom. The Kier molecular flexibility index (Phi) is 5.90. The number of ether oxygens (including phenoxy) is 2. The Bertz CT molecular complexity index is 581. The van der Waals surface area contributed by atoms with Crippen molar-refractivity contribution >= 4 is 18.0 Å². The Morgan fingerprint density at radius 3 is 2.00 bits per heavy atom. The van der Waals surface area contributed by atoms with E-state index >= 15 is 0 Å². The van der Waals surface area contributed by atoms with Crippen LogP contribution in [0.5, 0.6) is 0 Å². The zero-order valence-electron chi connectivity index (χ0n) is 14.4. The number of amidine groups is 1. The first-order valence-corrected chi connectivity index (χ1v) is 7.24. The molecule has 0 heterocycles. The Hall–Kier alpha value is -2.37. The van der Waals surface area contributed by atoms with Gasteiger partial charge in [0, 0.05) is 5.56 Å². The van der Waals surface area contributed by atoms with Crippen LogP contribution in [0.2, 0.25) is 0 Å². The molecule has 125 valence electrons. The largest absolute Gasteiger partial charge is 0.444 e. The predicted molar refractivity (Wildman–Crippen MR) is 87.4 cm³/mol. The minimum atomic E-state index is -0.795. The molecule has 0 bridgehead atoms. The lowest BCUT2D eigenvalue weighted by atomic mass is 10.2. The number of benzene rings is 1. The Balaban J connectivity index is 2.99. The molecule has 1 rings (SSSR count). The molecule has 0 aliphatic carbocycles. The number of carbonyl (C=O) groups is 2. The van der Waals surface area contributed by atoms with Crippen LogP contribution in [0.1, 0.15) is 47.1 Å². The van der Waals surface area contributed by atoms with Gasteiger partial charge in [-0.2, -0.15) is 4.99 Å². The fourth-order valence-corrected chi connectivity index (χ4v) is 1.49. The second-order valence-corrected chi connectivity index (χ2v) is 6.86. The smallest absolute Gasteiger partial charge is 0.436 e. The first-order valence-electron chi connectivity index (χ1n) is 7.24. The van der Waals surface area contributed by atoms with Crippen LogP contribution in [0.4, 0.5) is 9.59 Å². The van der Waals surface area contributed by atoms with Gasteiger partial charge in [0.05, 0.1) is 0 Å². The summed E-state index contributed by atoms with van der Waals surface area (Å²) in [6.45, 7) is 10.4. The van der Waals surface area contributed by atoms with E-state index in [9.17, 15) is 9.59 Å². The number of hydrogen-bond acceptors (Lipinski definition) is 4. The quantitative estimate of drug-likeness (QED) is 0.632. The molecule has 0 fully saturated rings. The van der Waals surface area contributed by atoms with Crippen LogP contribution >= 0.6 is 0 Å². The average Bonchev–Trinajstić information content (AvgIpc) is 2.34. The normalized spacial score (nSPS) is 12.5. The van der Waals surface area contributed by atoms with Crippen molar-refractivity contribution < 1.29 is 19.1 Å². The summed E-state index contributed by atoms with van der Waals surface area (Å²) in [5.74, 6) is 0.0579. The molecule has 0 aliphatic rings. The van der Waals surface area contributed by atoms with E-state index in [4.69, 9.17) is 9.47 Å². The molecule has 2 amide bonds. The van der Waals surface area contributed by atoms with Gasteiger partial charge in [0.15, 0.2) is 0 Å². The van der Waals surface area contributed by atoms with Crippen molar-refractivity contribution in [2.24, 2.45) is 4.99 Å². The number of aliphatic imine (C=N–C) groups is 1. The lowest BCUT2D eigenvalue weighted by Gasteiger charge is -2.20. The van der Waals surface area contributed by atoms with Crippen molar-refractivity contribution in [1.82, 2.24) is 5.32 Å². The van der Waals surface area contributed by atoms with Gasteiger partial charge in [-0.15, -0.1) is 0 Å². The summed E-state index contributed by atoms with van der Waals surface area (Å²) in [6, 6.07) is 9.49. The molecule has 6 nitrogen and oxygen atoms in total. The van der Waals surface area contributed by atoms with Gasteiger partial charge >= 0.3 is 12.2 Å². The second kappa shape index (κ2) is 7.26. The minimum Gasteiger partial charge on any atom is -0.444 e. The highest BCUT2D eigenvalue weighted by molar-refractivity contribution is 6.09. The number of nitrogens with one attached hydrogen (secondary N) is 1. The van der Waals surface area contributed by atoms with Crippen LogP contribution in [-0.4, -0.2) is 29.2 Å². The third kappa shape index (κ3) is 7.99. The fourth-order valence-electron chi connectivity index (χ4n) is 1.49. The van der Waals surface area contributed by atoms with Gasteiger partial charge < -0.3 is 9.47 Å². The highest BCUT2D eigenvalue weighted by Gasteiger charge is 2.20. The molecular weight excluding hydrogens is 296 g/mol. The van der Waals surface area contributed by atoms with E-state index in [0.717, 1.165) is 0 Å². The highest BCUT2D eigenvalue weighted by Crippen LogP contribution is 2.10. The monoisotopic (exact) mass is 319 g/mol. The number of hydrogen-bond donors (Lipinski definition) is 1. The van der Waals surface area contributed by atoms with Crippen LogP contribution < -0.4 is 5.32 Å². The van der Waals surface area contributed by atoms with E-state index in [1.54, 1.807) is 65.8 Å². The molecular formula is C17H23N2O4. The van der Waals surface area contributed by atoms with Crippen molar-refractivity contribution in [3.63, 3.8) is 0 Å². The number of rotatable bonds is 1. The molecule has 1 radical (unpaired) electrons. The number of amides is 2. The number of nitrogens with zero attached hydrogens (tertiary/aromatic N) is 1. The molecule has 0 aliphatic heterocycles. The van der Waals surface area contributed by atoms with E-state index in [2.05, 4.69) is 16.4 Å². The third-order valence-electron chi connectivity index (χ3n) is 2.21. The zero-order valence-corrected chi connectivity index (χ0v) is 14.4. The summed E-state index contributed by atoms with van der Waals surface area (Å²) < 4.78 is 10.3. The summed E-state index contributed by atoms with van der Waals surface area (Å²) in [5, 5.41) is 2.48. The molecule has 0 spiro atoms. The van der Waals surface area contributed by atoms with Crippen molar-refractivity contribution in [3.8, 4) is 0 Å². The molecule has 1 N–H and O–H groups in total. The molecule has 0 unspecified atom stereocenters. The Labute approximate surface area is 136 Å². The second-order valence-electron chi connectivity index (χ2n) is 6.86. The van der Waals surface area contributed by atoms with Crippen LogP contribution in [0.25, 0.3) is 0 Å². The Morgan fingerprint density at radius 2 is 1.52 bits per heavy atom. The lowest BCUT2D eigenvalue weighted by Crippen LogP contribution is -2.37. The average molecular weight is 319 g/mol. The maximum absolute atomic E-state index is 11.9. The zero-order chi connectivity index (χ0) is 17.7. The summed E-state index contributed by atoms with van der Waals surface area (Å²) >= 11 is 0. The lowest BCUT2D eigenvalue weighted by molar-refractivity contribution is 0.0563. The van der Waals surface area contributed by atoms with Gasteiger partial charge in [-0.25, -0.2) is 9.59 Å². The number of alkyl carbamates (subject to hydrolysis) is 1. The van der Waals surface area contributed by atoms with Crippen LogP contribution in [-0.2, 0) is 9.47 Å². The standard InChI is InChI=1S/C17H23N2O4/c1-16(2,3)22-14(20)18-13(12-10-8-7-9-11-12)19-15(21)23-17(4,5)6/h8-11H,1-6H3,(H,18,19,20,21). The fraction of sp³-hybridized carbons (Fsp3) is 0.471. The van der Waals surface area contributed by atoms with Crippen LogP contribution in [0, 0.1) is 6.07 Å². The number of carbonyl (C=O) groups excluding carboxylic acids is 2. The molecule has 0 saturated carbocycles. The molecule has 6 heteroatoms. The molecule has 0 saturated heterocycles. The van der Waals surface area contributed by atoms with Crippen molar-refractivity contribution in [1.29, 1.82) is 0 Å². The molecule has 0 atom stereocenters. The maximum atomic E-state index is 11.9. The van der Waals surface area contributed by atoms with E-state index < -0.39 is 23.4 Å². The van der Waals surface area contributed by atoms with Gasteiger partial charge in [-0.1, -0.05) is 24.3 Å². The topological polar surface area (TPSA) is 77.0 Å². The van der Waals surface area contributed by atoms with Gasteiger partial charge in [0.2, 0.25) is 0 Å². The predicted octanol–water partition coefficient (Wildman–Crippen LogP) is 3.69. The summed E-state index contributed by atoms with van der Waals surface area (Å²) in [4.78, 5) is 27.7. The molecule has 1 aromatic rings. The highest BCUT2D eigenvalue weighted by atomic mass is 16.6. The van der Waals surface area contributed by atoms with Crippen LogP contribution in [0.15, 0.2) is 29.3 Å². The summed E-state index contributed by atoms with van der Waals surface area (Å²) in [7, 11) is 0. The van der Waals surface area contributed by atoms with E-state index in [1.807, 2.05) is 0 Å². The van der Waals surface area contributed by atoms with Crippen molar-refractivity contribution in [2.75, 3.05) is 0 Å². The van der Waals surface area contributed by atoms with Gasteiger partial charge in [-0.3, -0.25) is 5.32 Å². The third-order valence-corrected chi connectivity index (χ3v) is 2.21. The van der Waals surface area contributed by atoms with E-state index in [0.29, 0.717) is 5.56 Å². The van der Waals surface area contributed by atoms with Crippen molar-refractivity contribution in [2.45, 2.75) is 52.7 Å². The summed E-state index contributed by atoms with van der Waals surface area (Å²) in [6.07, 6.45) is -1.50. The van der Waals surface area contributed by atoms with E-state index in [1.165, 1.54) is 0 Å². The maximum Gasteiger partial charge on any atom is 0.436 e. The first-order chi connectivity index (χ1) is 10.5. The molecule has 1 aromatic carbocycles. The van der Waals surface area contributed by atoms with Gasteiger partial charge in [0.25, 0.3) is 0 Å². The van der Waals surface area contributed by atoms with Crippen LogP contribution in [0.3, 0.4) is 0 Å². The molecule has 0 aromatic heterocycles. The molecule has 23 heavy (non-hydrogen) atoms. The SMILES string of the molecule is CC(C)(C)OC(=O)/N=C(/NC(=O)OC(C)(C)C)c1cc[c]cc1.